The maximum absolute atomic E-state index is 11.6. The fourth-order valence-electron chi connectivity index (χ4n) is 2.43. The molecule has 0 spiro atoms. The van der Waals surface area contributed by atoms with Crippen LogP contribution in [0.4, 0.5) is 0 Å². The predicted molar refractivity (Wildman–Crippen MR) is 65.0 cm³/mol. The summed E-state index contributed by atoms with van der Waals surface area (Å²) < 4.78 is 0. The number of rotatable bonds is 5. The Morgan fingerprint density at radius 1 is 1.33 bits per heavy atom. The lowest BCUT2D eigenvalue weighted by Gasteiger charge is -2.26. The highest BCUT2D eigenvalue weighted by Crippen LogP contribution is 2.39. The number of amides is 1. The molecule has 2 rings (SSSR count). The third kappa shape index (κ3) is 3.20. The van der Waals surface area contributed by atoms with Crippen molar-refractivity contribution >= 4 is 21.8 Å². The number of carbonyl (C=O) groups excluding carboxylic acids is 1. The summed E-state index contributed by atoms with van der Waals surface area (Å²) in [5.74, 6) is 0.971. The van der Waals surface area contributed by atoms with Crippen LogP contribution in [-0.2, 0) is 4.79 Å². The minimum atomic E-state index is 0.268. The standard InChI is InChI=1S/C12H20BrNO/c13-8-12(5-1-2-6-12)9-14-11(15)7-10-3-4-10/h10H,1-9H2,(H,14,15). The molecule has 0 aromatic rings. The van der Waals surface area contributed by atoms with Crippen LogP contribution in [0.15, 0.2) is 0 Å². The molecule has 0 heterocycles. The molecule has 15 heavy (non-hydrogen) atoms. The van der Waals surface area contributed by atoms with Crippen LogP contribution in [0.3, 0.4) is 0 Å². The first-order valence-electron chi connectivity index (χ1n) is 6.07. The summed E-state index contributed by atoms with van der Waals surface area (Å²) in [6.45, 7) is 0.879. The highest BCUT2D eigenvalue weighted by molar-refractivity contribution is 9.09. The maximum Gasteiger partial charge on any atom is 0.220 e. The average molecular weight is 274 g/mol. The van der Waals surface area contributed by atoms with Gasteiger partial charge in [-0.05, 0) is 37.0 Å². The second kappa shape index (κ2) is 4.86. The molecule has 1 N–H and O–H groups in total. The number of hydrogen-bond donors (Lipinski definition) is 1. The van der Waals surface area contributed by atoms with Crippen molar-refractivity contribution in [3.05, 3.63) is 0 Å². The first kappa shape index (κ1) is 11.4. The average Bonchev–Trinajstić information content (AvgIpc) is 2.93. The summed E-state index contributed by atoms with van der Waals surface area (Å²) in [5.41, 5.74) is 0.360. The van der Waals surface area contributed by atoms with Crippen LogP contribution < -0.4 is 5.32 Å². The van der Waals surface area contributed by atoms with Crippen LogP contribution in [0.1, 0.15) is 44.9 Å². The van der Waals surface area contributed by atoms with Crippen molar-refractivity contribution in [2.75, 3.05) is 11.9 Å². The zero-order valence-electron chi connectivity index (χ0n) is 9.23. The number of carbonyl (C=O) groups is 1. The van der Waals surface area contributed by atoms with Gasteiger partial charge >= 0.3 is 0 Å². The highest BCUT2D eigenvalue weighted by atomic mass is 79.9. The lowest BCUT2D eigenvalue weighted by atomic mass is 9.89. The fourth-order valence-corrected chi connectivity index (χ4v) is 3.18. The summed E-state index contributed by atoms with van der Waals surface area (Å²) in [5, 5.41) is 4.15. The van der Waals surface area contributed by atoms with Crippen LogP contribution in [0.25, 0.3) is 0 Å². The van der Waals surface area contributed by atoms with E-state index < -0.39 is 0 Å². The SMILES string of the molecule is O=C(CC1CC1)NCC1(CBr)CCCC1. The summed E-state index contributed by atoms with van der Waals surface area (Å²) >= 11 is 3.60. The van der Waals surface area contributed by atoms with Gasteiger partial charge in [0.2, 0.25) is 5.91 Å². The first-order valence-corrected chi connectivity index (χ1v) is 7.19. The van der Waals surface area contributed by atoms with E-state index in [2.05, 4.69) is 21.2 Å². The molecule has 0 unspecified atom stereocenters. The zero-order valence-corrected chi connectivity index (χ0v) is 10.8. The van der Waals surface area contributed by atoms with Gasteiger partial charge in [0.1, 0.15) is 0 Å². The van der Waals surface area contributed by atoms with E-state index >= 15 is 0 Å². The minimum Gasteiger partial charge on any atom is -0.356 e. The molecular weight excluding hydrogens is 254 g/mol. The first-order chi connectivity index (χ1) is 7.24. The molecule has 0 aromatic heterocycles. The zero-order chi connectivity index (χ0) is 10.7. The van der Waals surface area contributed by atoms with Gasteiger partial charge in [0.15, 0.2) is 0 Å². The second-order valence-corrected chi connectivity index (χ2v) is 5.83. The molecule has 1 amide bonds. The van der Waals surface area contributed by atoms with Crippen molar-refractivity contribution in [3.63, 3.8) is 0 Å². The maximum atomic E-state index is 11.6. The number of hydrogen-bond acceptors (Lipinski definition) is 1. The Bertz CT molecular complexity index is 232. The van der Waals surface area contributed by atoms with Gasteiger partial charge in [0, 0.05) is 18.3 Å². The number of halogens is 1. The Kier molecular flexibility index (Phi) is 3.70. The smallest absolute Gasteiger partial charge is 0.220 e. The van der Waals surface area contributed by atoms with Crippen molar-refractivity contribution in [2.24, 2.45) is 11.3 Å². The molecule has 2 aliphatic carbocycles. The van der Waals surface area contributed by atoms with E-state index in [4.69, 9.17) is 0 Å². The van der Waals surface area contributed by atoms with E-state index in [1.807, 2.05) is 0 Å². The minimum absolute atomic E-state index is 0.268. The van der Waals surface area contributed by atoms with Gasteiger partial charge in [-0.25, -0.2) is 0 Å². The van der Waals surface area contributed by atoms with Gasteiger partial charge in [-0.2, -0.15) is 0 Å². The van der Waals surface area contributed by atoms with Crippen molar-refractivity contribution in [3.8, 4) is 0 Å². The fraction of sp³-hybridized carbons (Fsp3) is 0.917. The third-order valence-corrected chi connectivity index (χ3v) is 4.97. The molecule has 2 nitrogen and oxygen atoms in total. The Morgan fingerprint density at radius 2 is 2.00 bits per heavy atom. The van der Waals surface area contributed by atoms with Crippen LogP contribution in [0.5, 0.6) is 0 Å². The monoisotopic (exact) mass is 273 g/mol. The molecular formula is C12H20BrNO. The quantitative estimate of drug-likeness (QED) is 0.767. The van der Waals surface area contributed by atoms with Crippen LogP contribution in [0.2, 0.25) is 0 Å². The Labute approximate surface area is 100 Å². The van der Waals surface area contributed by atoms with E-state index in [1.54, 1.807) is 0 Å². The topological polar surface area (TPSA) is 29.1 Å². The van der Waals surface area contributed by atoms with Gasteiger partial charge in [-0.1, -0.05) is 28.8 Å². The second-order valence-electron chi connectivity index (χ2n) is 5.26. The van der Waals surface area contributed by atoms with Crippen molar-refractivity contribution in [2.45, 2.75) is 44.9 Å². The van der Waals surface area contributed by atoms with E-state index in [0.717, 1.165) is 18.3 Å². The van der Waals surface area contributed by atoms with Crippen molar-refractivity contribution < 1.29 is 4.79 Å². The van der Waals surface area contributed by atoms with E-state index in [1.165, 1.54) is 38.5 Å². The Balaban J connectivity index is 1.72. The van der Waals surface area contributed by atoms with Crippen LogP contribution >= 0.6 is 15.9 Å². The molecule has 2 aliphatic rings. The summed E-state index contributed by atoms with van der Waals surface area (Å²) in [4.78, 5) is 11.6. The molecule has 2 fully saturated rings. The van der Waals surface area contributed by atoms with Gasteiger partial charge in [0.25, 0.3) is 0 Å². The Hall–Kier alpha value is -0.0500. The van der Waals surface area contributed by atoms with Gasteiger partial charge in [0.05, 0.1) is 0 Å². The summed E-state index contributed by atoms with van der Waals surface area (Å²) in [6, 6.07) is 0. The number of nitrogens with one attached hydrogen (secondary N) is 1. The molecule has 3 heteroatoms. The molecule has 0 aromatic carbocycles. The molecule has 0 saturated heterocycles. The third-order valence-electron chi connectivity index (χ3n) is 3.78. The molecule has 0 radical (unpaired) electrons. The molecule has 2 saturated carbocycles. The Morgan fingerprint density at radius 3 is 2.53 bits per heavy atom. The van der Waals surface area contributed by atoms with Gasteiger partial charge in [-0.15, -0.1) is 0 Å². The van der Waals surface area contributed by atoms with E-state index in [9.17, 15) is 4.79 Å². The van der Waals surface area contributed by atoms with Gasteiger partial charge in [-0.3, -0.25) is 4.79 Å². The lowest BCUT2D eigenvalue weighted by Crippen LogP contribution is -2.37. The molecule has 0 atom stereocenters. The normalized spacial score (nSPS) is 24.1. The summed E-state index contributed by atoms with van der Waals surface area (Å²) in [6.07, 6.45) is 8.46. The predicted octanol–water partition coefficient (Wildman–Crippen LogP) is 2.86. The lowest BCUT2D eigenvalue weighted by molar-refractivity contribution is -0.121. The van der Waals surface area contributed by atoms with Gasteiger partial charge < -0.3 is 5.32 Å². The highest BCUT2D eigenvalue weighted by Gasteiger charge is 2.33. The summed E-state index contributed by atoms with van der Waals surface area (Å²) in [7, 11) is 0. The van der Waals surface area contributed by atoms with E-state index in [0.29, 0.717) is 11.3 Å². The number of alkyl halides is 1. The van der Waals surface area contributed by atoms with Crippen molar-refractivity contribution in [1.29, 1.82) is 0 Å². The largest absolute Gasteiger partial charge is 0.356 e. The van der Waals surface area contributed by atoms with E-state index in [-0.39, 0.29) is 5.91 Å². The van der Waals surface area contributed by atoms with Crippen LogP contribution in [0, 0.1) is 11.3 Å². The molecule has 86 valence electrons. The van der Waals surface area contributed by atoms with Crippen molar-refractivity contribution in [1.82, 2.24) is 5.32 Å². The molecule has 0 aliphatic heterocycles. The molecule has 0 bridgehead atoms. The van der Waals surface area contributed by atoms with Crippen LogP contribution in [-0.4, -0.2) is 17.8 Å².